The highest BCUT2D eigenvalue weighted by atomic mass is 35.5. The number of imidazole rings is 1. The van der Waals surface area contributed by atoms with E-state index in [1.165, 1.54) is 11.1 Å². The van der Waals surface area contributed by atoms with Crippen molar-refractivity contribution in [3.8, 4) is 5.75 Å². The predicted molar refractivity (Wildman–Crippen MR) is 124 cm³/mol. The first-order valence-corrected chi connectivity index (χ1v) is 10.6. The highest BCUT2D eigenvalue weighted by Crippen LogP contribution is 2.27. The molecule has 0 spiro atoms. The molecule has 0 bridgehead atoms. The fourth-order valence-electron chi connectivity index (χ4n) is 3.28. The number of aromatic nitrogens is 2. The van der Waals surface area contributed by atoms with Crippen LogP contribution in [0.15, 0.2) is 66.7 Å². The second-order valence-electron chi connectivity index (χ2n) is 7.23. The monoisotopic (exact) mass is 453 g/mol. The number of nitrogens with one attached hydrogen (secondary N) is 1. The average molecular weight is 454 g/mol. The van der Waals surface area contributed by atoms with Crippen molar-refractivity contribution in [3.63, 3.8) is 0 Å². The molecule has 158 valence electrons. The minimum Gasteiger partial charge on any atom is -0.482 e. The topological polar surface area (TPSA) is 56.2 Å². The van der Waals surface area contributed by atoms with E-state index in [1.54, 1.807) is 18.2 Å². The molecule has 4 aromatic rings. The van der Waals surface area contributed by atoms with Gasteiger partial charge in [-0.3, -0.25) is 4.79 Å². The molecule has 4 rings (SSSR count). The largest absolute Gasteiger partial charge is 0.482 e. The predicted octanol–water partition coefficient (Wildman–Crippen LogP) is 5.40. The first-order valence-electron chi connectivity index (χ1n) is 9.84. The summed E-state index contributed by atoms with van der Waals surface area (Å²) in [5, 5.41) is 3.75. The van der Waals surface area contributed by atoms with Crippen molar-refractivity contribution >= 4 is 40.1 Å². The summed E-state index contributed by atoms with van der Waals surface area (Å²) in [5.74, 6) is 0.924. The van der Waals surface area contributed by atoms with Gasteiger partial charge in [0.15, 0.2) is 6.61 Å². The molecule has 5 nitrogen and oxygen atoms in total. The molecule has 7 heteroatoms. The van der Waals surface area contributed by atoms with Crippen molar-refractivity contribution in [3.05, 3.63) is 93.7 Å². The van der Waals surface area contributed by atoms with Gasteiger partial charge in [-0.25, -0.2) is 4.98 Å². The van der Waals surface area contributed by atoms with Crippen LogP contribution in [0.3, 0.4) is 0 Å². The molecule has 0 fully saturated rings. The Kier molecular flexibility index (Phi) is 6.44. The Bertz CT molecular complexity index is 1220. The molecule has 31 heavy (non-hydrogen) atoms. The Morgan fingerprint density at radius 1 is 1.06 bits per heavy atom. The minimum absolute atomic E-state index is 0.153. The third-order valence-electron chi connectivity index (χ3n) is 4.89. The number of hydrogen-bond acceptors (Lipinski definition) is 3. The Morgan fingerprint density at radius 3 is 2.61 bits per heavy atom. The summed E-state index contributed by atoms with van der Waals surface area (Å²) in [5.41, 5.74) is 4.30. The van der Waals surface area contributed by atoms with E-state index in [-0.39, 0.29) is 19.1 Å². The Balaban J connectivity index is 1.46. The van der Waals surface area contributed by atoms with E-state index in [9.17, 15) is 4.79 Å². The third kappa shape index (κ3) is 5.19. The van der Waals surface area contributed by atoms with Gasteiger partial charge in [0.05, 0.1) is 22.6 Å². The van der Waals surface area contributed by atoms with E-state index >= 15 is 0 Å². The van der Waals surface area contributed by atoms with E-state index in [0.717, 1.165) is 16.9 Å². The number of hydrogen-bond donors (Lipinski definition) is 1. The summed E-state index contributed by atoms with van der Waals surface area (Å²) >= 11 is 12.0. The second kappa shape index (κ2) is 9.41. The standard InChI is InChI=1S/C24H21Cl2N3O2/c1-16-6-8-17(9-7-16)14-29-21-5-3-2-4-20(21)28-23(29)13-27-24(30)15-31-22-11-10-18(25)12-19(22)26/h2-12H,13-15H2,1H3,(H,27,30). The van der Waals surface area contributed by atoms with Crippen molar-refractivity contribution in [1.82, 2.24) is 14.9 Å². The van der Waals surface area contributed by atoms with Gasteiger partial charge in [-0.1, -0.05) is 65.2 Å². The van der Waals surface area contributed by atoms with Crippen LogP contribution in [0.5, 0.6) is 5.75 Å². The van der Waals surface area contributed by atoms with Crippen LogP contribution in [0.1, 0.15) is 17.0 Å². The zero-order valence-corrected chi connectivity index (χ0v) is 18.5. The average Bonchev–Trinajstić information content (AvgIpc) is 3.10. The molecular formula is C24H21Cl2N3O2. The van der Waals surface area contributed by atoms with Gasteiger partial charge >= 0.3 is 0 Å². The summed E-state index contributed by atoms with van der Waals surface area (Å²) in [6, 6.07) is 21.2. The number of rotatable bonds is 7. The van der Waals surface area contributed by atoms with Gasteiger partial charge in [-0.2, -0.15) is 0 Å². The lowest BCUT2D eigenvalue weighted by atomic mass is 10.1. The smallest absolute Gasteiger partial charge is 0.258 e. The number of benzene rings is 3. The number of nitrogens with zero attached hydrogens (tertiary/aromatic N) is 2. The Labute approximate surface area is 190 Å². The van der Waals surface area contributed by atoms with Gasteiger partial charge in [0.25, 0.3) is 5.91 Å². The lowest BCUT2D eigenvalue weighted by Crippen LogP contribution is -2.29. The van der Waals surface area contributed by atoms with Crippen LogP contribution in [0, 0.1) is 6.92 Å². The number of carbonyl (C=O) groups is 1. The van der Waals surface area contributed by atoms with Crippen molar-refractivity contribution in [1.29, 1.82) is 0 Å². The van der Waals surface area contributed by atoms with Gasteiger partial charge in [0.2, 0.25) is 0 Å². The fourth-order valence-corrected chi connectivity index (χ4v) is 3.74. The Morgan fingerprint density at radius 2 is 1.84 bits per heavy atom. The molecule has 0 saturated carbocycles. The van der Waals surface area contributed by atoms with Crippen LogP contribution in [0.4, 0.5) is 0 Å². The van der Waals surface area contributed by atoms with Gasteiger partial charge < -0.3 is 14.6 Å². The van der Waals surface area contributed by atoms with Crippen LogP contribution in [0.25, 0.3) is 11.0 Å². The first kappa shape index (κ1) is 21.2. The van der Waals surface area contributed by atoms with Crippen molar-refractivity contribution in [2.75, 3.05) is 6.61 Å². The quantitative estimate of drug-likeness (QED) is 0.407. The maximum Gasteiger partial charge on any atom is 0.258 e. The zero-order valence-electron chi connectivity index (χ0n) is 16.9. The summed E-state index contributed by atoms with van der Waals surface area (Å²) in [6.45, 7) is 2.87. The number of ether oxygens (including phenoxy) is 1. The zero-order chi connectivity index (χ0) is 21.8. The van der Waals surface area contributed by atoms with E-state index in [1.807, 2.05) is 24.3 Å². The highest BCUT2D eigenvalue weighted by molar-refractivity contribution is 6.35. The van der Waals surface area contributed by atoms with Gasteiger partial charge in [0, 0.05) is 11.6 Å². The molecule has 1 aromatic heterocycles. The van der Waals surface area contributed by atoms with Gasteiger partial charge in [-0.05, 0) is 42.8 Å². The number of para-hydroxylation sites is 2. The highest BCUT2D eigenvalue weighted by Gasteiger charge is 2.13. The summed E-state index contributed by atoms with van der Waals surface area (Å²) in [7, 11) is 0. The SMILES string of the molecule is Cc1ccc(Cn2c(CNC(=O)COc3ccc(Cl)cc3Cl)nc3ccccc32)cc1. The van der Waals surface area contributed by atoms with Crippen molar-refractivity contribution in [2.24, 2.45) is 0 Å². The van der Waals surface area contributed by atoms with Gasteiger partial charge in [-0.15, -0.1) is 0 Å². The number of halogens is 2. The number of amides is 1. The van der Waals surface area contributed by atoms with E-state index in [2.05, 4.69) is 41.1 Å². The van der Waals surface area contributed by atoms with Gasteiger partial charge in [0.1, 0.15) is 11.6 Å². The van der Waals surface area contributed by atoms with E-state index in [0.29, 0.717) is 22.3 Å². The first-order chi connectivity index (χ1) is 15.0. The number of aryl methyl sites for hydroxylation is 1. The summed E-state index contributed by atoms with van der Waals surface area (Å²) in [6.07, 6.45) is 0. The molecule has 3 aromatic carbocycles. The van der Waals surface area contributed by atoms with Crippen LogP contribution in [-0.4, -0.2) is 22.1 Å². The normalized spacial score (nSPS) is 10.9. The third-order valence-corrected chi connectivity index (χ3v) is 5.42. The molecule has 1 N–H and O–H groups in total. The molecule has 1 heterocycles. The maximum absolute atomic E-state index is 12.3. The van der Waals surface area contributed by atoms with Crippen molar-refractivity contribution in [2.45, 2.75) is 20.0 Å². The molecular weight excluding hydrogens is 433 g/mol. The molecule has 0 radical (unpaired) electrons. The molecule has 0 saturated heterocycles. The molecule has 0 aliphatic heterocycles. The van der Waals surface area contributed by atoms with Crippen LogP contribution in [-0.2, 0) is 17.9 Å². The van der Waals surface area contributed by atoms with E-state index in [4.69, 9.17) is 32.9 Å². The molecule has 1 amide bonds. The molecule has 0 unspecified atom stereocenters. The van der Waals surface area contributed by atoms with Crippen LogP contribution >= 0.6 is 23.2 Å². The number of carbonyl (C=O) groups excluding carboxylic acids is 1. The summed E-state index contributed by atoms with van der Waals surface area (Å²) < 4.78 is 7.63. The summed E-state index contributed by atoms with van der Waals surface area (Å²) in [4.78, 5) is 17.1. The molecule has 0 aliphatic carbocycles. The maximum atomic E-state index is 12.3. The van der Waals surface area contributed by atoms with Crippen LogP contribution in [0.2, 0.25) is 10.0 Å². The fraction of sp³-hybridized carbons (Fsp3) is 0.167. The second-order valence-corrected chi connectivity index (χ2v) is 8.07. The molecule has 0 atom stereocenters. The minimum atomic E-state index is -0.264. The Hall–Kier alpha value is -3.02. The number of fused-ring (bicyclic) bond motifs is 1. The molecule has 0 aliphatic rings. The lowest BCUT2D eigenvalue weighted by Gasteiger charge is -2.12. The lowest BCUT2D eigenvalue weighted by molar-refractivity contribution is -0.123. The van der Waals surface area contributed by atoms with E-state index < -0.39 is 0 Å². The van der Waals surface area contributed by atoms with Crippen molar-refractivity contribution < 1.29 is 9.53 Å². The van der Waals surface area contributed by atoms with Crippen LogP contribution < -0.4 is 10.1 Å².